The average molecular weight is 435 g/mol. The van der Waals surface area contributed by atoms with E-state index in [-0.39, 0.29) is 29.0 Å². The molecule has 10 heteroatoms. The fourth-order valence-electron chi connectivity index (χ4n) is 3.66. The number of hydrogen-bond donors (Lipinski definition) is 3. The molecule has 2 aromatic rings. The van der Waals surface area contributed by atoms with Crippen molar-refractivity contribution < 1.29 is 9.59 Å². The summed E-state index contributed by atoms with van der Waals surface area (Å²) < 4.78 is 0. The minimum atomic E-state index is -0.829. The van der Waals surface area contributed by atoms with E-state index >= 15 is 0 Å². The Hall–Kier alpha value is -2.58. The highest BCUT2D eigenvalue weighted by molar-refractivity contribution is 6.44. The van der Waals surface area contributed by atoms with Crippen LogP contribution in [-0.4, -0.2) is 34.9 Å². The van der Waals surface area contributed by atoms with E-state index in [1.807, 2.05) is 4.90 Å². The van der Waals surface area contributed by atoms with Crippen molar-refractivity contribution in [1.29, 1.82) is 0 Å². The molecular formula is C19H20Cl2N6O2. The molecule has 1 aromatic carbocycles. The van der Waals surface area contributed by atoms with Gasteiger partial charge in [0.25, 0.3) is 0 Å². The zero-order valence-corrected chi connectivity index (χ0v) is 17.1. The van der Waals surface area contributed by atoms with Crippen molar-refractivity contribution in [3.05, 3.63) is 33.8 Å². The Kier molecular flexibility index (Phi) is 5.47. The largest absolute Gasteiger partial charge is 0.383 e. The molecule has 2 aliphatic rings. The fourth-order valence-corrected chi connectivity index (χ4v) is 4.01. The number of benzene rings is 1. The Bertz CT molecular complexity index is 977. The lowest BCUT2D eigenvalue weighted by molar-refractivity contribution is -0.123. The lowest BCUT2D eigenvalue weighted by atomic mass is 9.92. The molecule has 0 aliphatic carbocycles. The Morgan fingerprint density at radius 3 is 2.72 bits per heavy atom. The zero-order valence-electron chi connectivity index (χ0n) is 15.5. The number of hydrogen-bond acceptors (Lipinski definition) is 6. The maximum atomic E-state index is 13.0. The molecule has 0 spiro atoms. The third kappa shape index (κ3) is 3.95. The Labute approximate surface area is 177 Å². The van der Waals surface area contributed by atoms with Crippen molar-refractivity contribution in [1.82, 2.24) is 9.97 Å². The van der Waals surface area contributed by atoms with Gasteiger partial charge >= 0.3 is 0 Å². The van der Waals surface area contributed by atoms with Crippen molar-refractivity contribution in [2.45, 2.75) is 31.6 Å². The first kappa shape index (κ1) is 19.7. The van der Waals surface area contributed by atoms with Crippen LogP contribution in [0.5, 0.6) is 0 Å². The van der Waals surface area contributed by atoms with Crippen LogP contribution in [0.15, 0.2) is 18.2 Å². The van der Waals surface area contributed by atoms with Gasteiger partial charge < -0.3 is 21.3 Å². The number of aromatic nitrogens is 2. The second-order valence-corrected chi connectivity index (χ2v) is 7.90. The van der Waals surface area contributed by atoms with E-state index < -0.39 is 11.8 Å². The van der Waals surface area contributed by atoms with Gasteiger partial charge in [-0.15, -0.1) is 0 Å². The molecule has 8 nitrogen and oxygen atoms in total. The highest BCUT2D eigenvalue weighted by atomic mass is 35.5. The maximum absolute atomic E-state index is 13.0. The van der Waals surface area contributed by atoms with Gasteiger partial charge in [-0.05, 0) is 31.4 Å². The quantitative estimate of drug-likeness (QED) is 0.681. The summed E-state index contributed by atoms with van der Waals surface area (Å²) in [6.45, 7) is 1.67. The van der Waals surface area contributed by atoms with Gasteiger partial charge in [0.05, 0.1) is 27.2 Å². The second-order valence-electron chi connectivity index (χ2n) is 7.11. The smallest absolute Gasteiger partial charge is 0.232 e. The first-order chi connectivity index (χ1) is 13.9. The molecule has 4 rings (SSSR count). The summed E-state index contributed by atoms with van der Waals surface area (Å²) in [4.78, 5) is 36.2. The summed E-state index contributed by atoms with van der Waals surface area (Å²) in [6, 6.07) is 4.93. The fraction of sp³-hybridized carbons (Fsp3) is 0.368. The highest BCUT2D eigenvalue weighted by Gasteiger charge is 2.35. The van der Waals surface area contributed by atoms with Gasteiger partial charge in [-0.3, -0.25) is 9.59 Å². The van der Waals surface area contributed by atoms with Crippen molar-refractivity contribution in [3.63, 3.8) is 0 Å². The molecular weight excluding hydrogens is 415 g/mol. The van der Waals surface area contributed by atoms with Crippen LogP contribution in [0.3, 0.4) is 0 Å². The number of nitrogens with two attached hydrogens (primary N) is 1. The number of nitrogens with zero attached hydrogens (tertiary/aromatic N) is 3. The summed E-state index contributed by atoms with van der Waals surface area (Å²) in [7, 11) is 0. The number of anilines is 4. The Balaban J connectivity index is 1.65. The van der Waals surface area contributed by atoms with Gasteiger partial charge in [0, 0.05) is 19.5 Å². The molecule has 1 aromatic heterocycles. The minimum Gasteiger partial charge on any atom is -0.383 e. The topological polar surface area (TPSA) is 113 Å². The molecule has 1 fully saturated rings. The molecule has 29 heavy (non-hydrogen) atoms. The van der Waals surface area contributed by atoms with Crippen LogP contribution in [0.1, 0.15) is 37.2 Å². The number of carbonyl (C=O) groups excluding carboxylic acids is 2. The van der Waals surface area contributed by atoms with Crippen LogP contribution in [0.25, 0.3) is 0 Å². The van der Waals surface area contributed by atoms with Gasteiger partial charge in [0.1, 0.15) is 11.6 Å². The van der Waals surface area contributed by atoms with Gasteiger partial charge in [-0.2, -0.15) is 9.97 Å². The molecule has 3 heterocycles. The summed E-state index contributed by atoms with van der Waals surface area (Å²) >= 11 is 12.2. The Morgan fingerprint density at radius 1 is 1.21 bits per heavy atom. The highest BCUT2D eigenvalue weighted by Crippen LogP contribution is 2.38. The summed E-state index contributed by atoms with van der Waals surface area (Å²) in [5, 5.41) is 6.01. The maximum Gasteiger partial charge on any atom is 0.232 e. The average Bonchev–Trinajstić information content (AvgIpc) is 2.71. The van der Waals surface area contributed by atoms with Crippen LogP contribution in [-0.2, 0) is 9.59 Å². The van der Waals surface area contributed by atoms with Crippen LogP contribution < -0.4 is 21.3 Å². The van der Waals surface area contributed by atoms with E-state index in [0.29, 0.717) is 22.2 Å². The third-order valence-electron chi connectivity index (χ3n) is 5.12. The van der Waals surface area contributed by atoms with Gasteiger partial charge in [0.2, 0.25) is 17.8 Å². The number of rotatable bonds is 3. The number of carbonyl (C=O) groups is 2. The lowest BCUT2D eigenvalue weighted by Crippen LogP contribution is -2.35. The molecule has 2 aliphatic heterocycles. The third-order valence-corrected chi connectivity index (χ3v) is 5.94. The van der Waals surface area contributed by atoms with E-state index in [1.165, 1.54) is 6.42 Å². The normalized spacial score (nSPS) is 18.8. The predicted molar refractivity (Wildman–Crippen MR) is 114 cm³/mol. The lowest BCUT2D eigenvalue weighted by Gasteiger charge is -2.30. The number of piperidine rings is 1. The number of nitrogen functional groups attached to an aromatic ring is 1. The SMILES string of the molecule is Nc1nc(N2CCCCC2)nc2c1[C@@H](C(=O)Nc1cccc(Cl)c1Cl)CC(=O)N2. The van der Waals surface area contributed by atoms with Crippen LogP contribution in [0.2, 0.25) is 10.0 Å². The molecule has 0 saturated carbocycles. The van der Waals surface area contributed by atoms with Crippen LogP contribution in [0, 0.1) is 0 Å². The molecule has 152 valence electrons. The number of amides is 2. The molecule has 1 atom stereocenters. The first-order valence-electron chi connectivity index (χ1n) is 9.41. The van der Waals surface area contributed by atoms with E-state index in [9.17, 15) is 9.59 Å². The van der Waals surface area contributed by atoms with Crippen molar-refractivity contribution in [2.75, 3.05) is 34.4 Å². The first-order valence-corrected chi connectivity index (χ1v) is 10.2. The van der Waals surface area contributed by atoms with Gasteiger partial charge in [-0.25, -0.2) is 0 Å². The zero-order chi connectivity index (χ0) is 20.5. The van der Waals surface area contributed by atoms with E-state index in [0.717, 1.165) is 25.9 Å². The van der Waals surface area contributed by atoms with E-state index in [2.05, 4.69) is 20.6 Å². The van der Waals surface area contributed by atoms with Crippen molar-refractivity contribution in [3.8, 4) is 0 Å². The second kappa shape index (κ2) is 8.04. The molecule has 4 N–H and O–H groups in total. The predicted octanol–water partition coefficient (Wildman–Crippen LogP) is 3.42. The number of fused-ring (bicyclic) bond motifs is 1. The number of nitrogens with one attached hydrogen (secondary N) is 2. The summed E-state index contributed by atoms with van der Waals surface area (Å²) in [5.41, 5.74) is 6.99. The van der Waals surface area contributed by atoms with Gasteiger partial charge in [0.15, 0.2) is 0 Å². The minimum absolute atomic E-state index is 0.0619. The van der Waals surface area contributed by atoms with E-state index in [4.69, 9.17) is 28.9 Å². The van der Waals surface area contributed by atoms with Crippen LogP contribution in [0.4, 0.5) is 23.3 Å². The molecule has 0 bridgehead atoms. The molecule has 0 radical (unpaired) electrons. The molecule has 1 saturated heterocycles. The summed E-state index contributed by atoms with van der Waals surface area (Å²) in [6.07, 6.45) is 3.21. The summed E-state index contributed by atoms with van der Waals surface area (Å²) in [5.74, 6) is -0.618. The van der Waals surface area contributed by atoms with Crippen molar-refractivity contribution >= 4 is 58.3 Å². The Morgan fingerprint density at radius 2 is 1.97 bits per heavy atom. The number of halogens is 2. The molecule has 2 amide bonds. The molecule has 0 unspecified atom stereocenters. The van der Waals surface area contributed by atoms with E-state index in [1.54, 1.807) is 18.2 Å². The van der Waals surface area contributed by atoms with Gasteiger partial charge in [-0.1, -0.05) is 29.3 Å². The monoisotopic (exact) mass is 434 g/mol. The van der Waals surface area contributed by atoms with Crippen LogP contribution >= 0.6 is 23.2 Å². The van der Waals surface area contributed by atoms with Crippen molar-refractivity contribution in [2.24, 2.45) is 0 Å². The standard InChI is InChI=1S/C19H20Cl2N6O2/c20-11-5-4-6-12(15(11)21)23-18(29)10-9-13(28)24-17-14(10)16(22)25-19(26-17)27-7-2-1-3-8-27/h4-6,10H,1-3,7-9H2,(H,23,29)(H3,22,24,25,26,28)/t10-/m0/s1.